The van der Waals surface area contributed by atoms with Crippen molar-refractivity contribution in [3.63, 3.8) is 0 Å². The van der Waals surface area contributed by atoms with Crippen LogP contribution in [0.5, 0.6) is 0 Å². The average molecular weight is 237 g/mol. The molecule has 0 aliphatic rings. The highest BCUT2D eigenvalue weighted by molar-refractivity contribution is 5.96. The van der Waals surface area contributed by atoms with E-state index >= 15 is 0 Å². The minimum Gasteiger partial charge on any atom is -0.456 e. The fraction of sp³-hybridized carbons (Fsp3) is 0.462. The third-order valence-electron chi connectivity index (χ3n) is 2.21. The van der Waals surface area contributed by atoms with Crippen molar-refractivity contribution in [1.82, 2.24) is 0 Å². The van der Waals surface area contributed by atoms with Crippen molar-refractivity contribution in [1.29, 1.82) is 0 Å². The van der Waals surface area contributed by atoms with Crippen LogP contribution in [0.3, 0.4) is 0 Å². The van der Waals surface area contributed by atoms with Crippen molar-refractivity contribution in [2.24, 2.45) is 0 Å². The second-order valence-electron chi connectivity index (χ2n) is 4.99. The molecule has 4 heteroatoms. The van der Waals surface area contributed by atoms with E-state index in [2.05, 4.69) is 0 Å². The van der Waals surface area contributed by atoms with Gasteiger partial charge in [-0.1, -0.05) is 12.1 Å². The van der Waals surface area contributed by atoms with Crippen LogP contribution in [0.25, 0.3) is 0 Å². The Morgan fingerprint density at radius 1 is 1.41 bits per heavy atom. The van der Waals surface area contributed by atoms with E-state index in [0.29, 0.717) is 11.1 Å². The third-order valence-corrected chi connectivity index (χ3v) is 2.21. The lowest BCUT2D eigenvalue weighted by Crippen LogP contribution is -2.24. The number of carbonyl (C=O) groups is 1. The number of anilines is 1. The molecular formula is C13H19NO3. The molecule has 0 saturated carbocycles. The quantitative estimate of drug-likeness (QED) is 0.611. The molecule has 1 aromatic carbocycles. The maximum Gasteiger partial charge on any atom is 0.340 e. The van der Waals surface area contributed by atoms with Crippen molar-refractivity contribution in [3.8, 4) is 0 Å². The number of aliphatic hydroxyl groups is 1. The molecule has 3 N–H and O–H groups in total. The first-order valence-corrected chi connectivity index (χ1v) is 5.52. The van der Waals surface area contributed by atoms with Crippen LogP contribution < -0.4 is 5.73 Å². The maximum absolute atomic E-state index is 11.9. The van der Waals surface area contributed by atoms with Gasteiger partial charge in [-0.3, -0.25) is 0 Å². The van der Waals surface area contributed by atoms with E-state index in [0.717, 1.165) is 0 Å². The first-order chi connectivity index (χ1) is 7.72. The normalized spacial score (nSPS) is 13.2. The maximum atomic E-state index is 11.9. The number of rotatable bonds is 2. The molecule has 1 unspecified atom stereocenters. The summed E-state index contributed by atoms with van der Waals surface area (Å²) in [6, 6.07) is 4.96. The summed E-state index contributed by atoms with van der Waals surface area (Å²) >= 11 is 0. The Hall–Kier alpha value is -1.55. The zero-order chi connectivity index (χ0) is 13.2. The summed E-state index contributed by atoms with van der Waals surface area (Å²) in [5.74, 6) is -0.475. The minimum atomic E-state index is -0.711. The number of nitrogens with two attached hydrogens (primary N) is 1. The van der Waals surface area contributed by atoms with Gasteiger partial charge in [-0.2, -0.15) is 0 Å². The average Bonchev–Trinajstić information content (AvgIpc) is 2.14. The van der Waals surface area contributed by atoms with E-state index in [-0.39, 0.29) is 5.69 Å². The van der Waals surface area contributed by atoms with Gasteiger partial charge in [-0.05, 0) is 33.8 Å². The fourth-order valence-corrected chi connectivity index (χ4v) is 1.46. The van der Waals surface area contributed by atoms with E-state index < -0.39 is 17.7 Å². The van der Waals surface area contributed by atoms with Gasteiger partial charge in [0.1, 0.15) is 5.60 Å². The van der Waals surface area contributed by atoms with Gasteiger partial charge >= 0.3 is 5.97 Å². The van der Waals surface area contributed by atoms with E-state index in [1.807, 2.05) is 0 Å². The molecule has 1 aromatic rings. The molecule has 4 nitrogen and oxygen atoms in total. The Labute approximate surface area is 101 Å². The molecule has 17 heavy (non-hydrogen) atoms. The van der Waals surface area contributed by atoms with Crippen LogP contribution in [0.2, 0.25) is 0 Å². The van der Waals surface area contributed by atoms with Crippen LogP contribution in [0, 0.1) is 0 Å². The Morgan fingerprint density at radius 2 is 2.00 bits per heavy atom. The summed E-state index contributed by atoms with van der Waals surface area (Å²) in [5, 5.41) is 9.51. The van der Waals surface area contributed by atoms with Crippen molar-refractivity contribution in [2.75, 3.05) is 5.73 Å². The zero-order valence-electron chi connectivity index (χ0n) is 10.7. The summed E-state index contributed by atoms with van der Waals surface area (Å²) in [5.41, 5.74) is 6.38. The number of hydrogen-bond acceptors (Lipinski definition) is 4. The smallest absolute Gasteiger partial charge is 0.340 e. The topological polar surface area (TPSA) is 72.5 Å². The second-order valence-corrected chi connectivity index (χ2v) is 4.99. The first-order valence-electron chi connectivity index (χ1n) is 5.52. The van der Waals surface area contributed by atoms with E-state index in [1.165, 1.54) is 0 Å². The van der Waals surface area contributed by atoms with Gasteiger partial charge in [0.15, 0.2) is 0 Å². The Bertz CT molecular complexity index is 419. The standard InChI is InChI=1S/C13H19NO3/c1-8(15)9-6-5-7-10(11(9)14)12(16)17-13(2,3)4/h5-8,15H,14H2,1-4H3. The molecule has 0 aliphatic heterocycles. The van der Waals surface area contributed by atoms with Crippen LogP contribution in [0.1, 0.15) is 49.7 Å². The molecule has 0 aliphatic carbocycles. The number of aliphatic hydroxyl groups excluding tert-OH is 1. The van der Waals surface area contributed by atoms with E-state index in [9.17, 15) is 9.90 Å². The van der Waals surface area contributed by atoms with Crippen LogP contribution >= 0.6 is 0 Å². The molecular weight excluding hydrogens is 218 g/mol. The largest absolute Gasteiger partial charge is 0.456 e. The Morgan fingerprint density at radius 3 is 2.47 bits per heavy atom. The Kier molecular flexibility index (Phi) is 3.78. The minimum absolute atomic E-state index is 0.275. The highest BCUT2D eigenvalue weighted by Gasteiger charge is 2.21. The summed E-state index contributed by atoms with van der Waals surface area (Å²) < 4.78 is 5.24. The lowest BCUT2D eigenvalue weighted by molar-refractivity contribution is 0.00707. The molecule has 0 saturated heterocycles. The van der Waals surface area contributed by atoms with Crippen LogP contribution in [0.4, 0.5) is 5.69 Å². The molecule has 1 atom stereocenters. The lowest BCUT2D eigenvalue weighted by Gasteiger charge is -2.20. The molecule has 0 heterocycles. The van der Waals surface area contributed by atoms with E-state index in [1.54, 1.807) is 45.9 Å². The first kappa shape index (κ1) is 13.5. The van der Waals surface area contributed by atoms with Crippen molar-refractivity contribution < 1.29 is 14.6 Å². The van der Waals surface area contributed by atoms with Crippen LogP contribution in [0.15, 0.2) is 18.2 Å². The SMILES string of the molecule is CC(O)c1cccc(C(=O)OC(C)(C)C)c1N. The lowest BCUT2D eigenvalue weighted by atomic mass is 10.0. The van der Waals surface area contributed by atoms with Gasteiger partial charge < -0.3 is 15.6 Å². The van der Waals surface area contributed by atoms with Gasteiger partial charge in [0.05, 0.1) is 17.4 Å². The summed E-state index contributed by atoms with van der Waals surface area (Å²) in [4.78, 5) is 11.9. The van der Waals surface area contributed by atoms with Gasteiger partial charge in [-0.15, -0.1) is 0 Å². The van der Waals surface area contributed by atoms with Crippen LogP contribution in [-0.4, -0.2) is 16.7 Å². The predicted molar refractivity (Wildman–Crippen MR) is 66.7 cm³/mol. The van der Waals surface area contributed by atoms with Crippen LogP contribution in [-0.2, 0) is 4.74 Å². The number of nitrogen functional groups attached to an aromatic ring is 1. The highest BCUT2D eigenvalue weighted by atomic mass is 16.6. The van der Waals surface area contributed by atoms with E-state index in [4.69, 9.17) is 10.5 Å². The van der Waals surface area contributed by atoms with Gasteiger partial charge in [-0.25, -0.2) is 4.79 Å². The number of carbonyl (C=O) groups excluding carboxylic acids is 1. The Balaban J connectivity index is 3.07. The molecule has 0 fully saturated rings. The summed E-state index contributed by atoms with van der Waals surface area (Å²) in [6.07, 6.45) is -0.711. The second kappa shape index (κ2) is 4.75. The highest BCUT2D eigenvalue weighted by Crippen LogP contribution is 2.25. The monoisotopic (exact) mass is 237 g/mol. The molecule has 1 rings (SSSR count). The fourth-order valence-electron chi connectivity index (χ4n) is 1.46. The predicted octanol–water partition coefficient (Wildman–Crippen LogP) is 2.28. The molecule has 0 amide bonds. The van der Waals surface area contributed by atoms with Crippen molar-refractivity contribution in [3.05, 3.63) is 29.3 Å². The van der Waals surface area contributed by atoms with Crippen molar-refractivity contribution >= 4 is 11.7 Å². The van der Waals surface area contributed by atoms with Gasteiger partial charge in [0, 0.05) is 5.56 Å². The summed E-state index contributed by atoms with van der Waals surface area (Å²) in [6.45, 7) is 6.98. The van der Waals surface area contributed by atoms with Gasteiger partial charge in [0.2, 0.25) is 0 Å². The molecule has 0 bridgehead atoms. The van der Waals surface area contributed by atoms with Gasteiger partial charge in [0.25, 0.3) is 0 Å². The number of ether oxygens (including phenoxy) is 1. The number of hydrogen-bond donors (Lipinski definition) is 2. The molecule has 0 radical (unpaired) electrons. The number of benzene rings is 1. The van der Waals surface area contributed by atoms with Crippen molar-refractivity contribution in [2.45, 2.75) is 39.4 Å². The molecule has 0 aromatic heterocycles. The molecule has 94 valence electrons. The molecule has 0 spiro atoms. The number of esters is 1. The summed E-state index contributed by atoms with van der Waals surface area (Å²) in [7, 11) is 0. The third kappa shape index (κ3) is 3.46. The zero-order valence-corrected chi connectivity index (χ0v) is 10.7. The number of para-hydroxylation sites is 1.